The molecule has 1 aliphatic heterocycles. The zero-order valence-corrected chi connectivity index (χ0v) is 19.3. The highest BCUT2D eigenvalue weighted by atomic mass is 16.5. The molecule has 4 rings (SSSR count). The lowest BCUT2D eigenvalue weighted by Crippen LogP contribution is -2.36. The van der Waals surface area contributed by atoms with E-state index in [0.29, 0.717) is 13.0 Å². The number of carbonyl (C=O) groups is 1. The van der Waals surface area contributed by atoms with Gasteiger partial charge < -0.3 is 9.64 Å². The summed E-state index contributed by atoms with van der Waals surface area (Å²) >= 11 is 0. The molecule has 1 amide bonds. The maximum atomic E-state index is 12.7. The van der Waals surface area contributed by atoms with Crippen LogP contribution in [0.15, 0.2) is 91.0 Å². The Morgan fingerprint density at radius 3 is 2.00 bits per heavy atom. The van der Waals surface area contributed by atoms with Crippen LogP contribution in [0.3, 0.4) is 0 Å². The van der Waals surface area contributed by atoms with Crippen LogP contribution >= 0.6 is 0 Å². The van der Waals surface area contributed by atoms with E-state index in [2.05, 4.69) is 65.6 Å². The summed E-state index contributed by atoms with van der Waals surface area (Å²) in [7, 11) is 0. The van der Waals surface area contributed by atoms with Crippen LogP contribution in [0.4, 0.5) is 0 Å². The number of hydrogen-bond acceptors (Lipinski definition) is 3. The fourth-order valence-corrected chi connectivity index (χ4v) is 4.44. The number of benzene rings is 3. The van der Waals surface area contributed by atoms with Crippen molar-refractivity contribution in [1.29, 1.82) is 0 Å². The average molecular weight is 443 g/mol. The summed E-state index contributed by atoms with van der Waals surface area (Å²) in [6.45, 7) is 5.10. The van der Waals surface area contributed by atoms with Gasteiger partial charge in [-0.1, -0.05) is 91.0 Å². The number of hydrogen-bond donors (Lipinski definition) is 0. The normalized spacial score (nSPS) is 14.9. The predicted molar refractivity (Wildman–Crippen MR) is 133 cm³/mol. The zero-order chi connectivity index (χ0) is 22.7. The van der Waals surface area contributed by atoms with Gasteiger partial charge >= 0.3 is 0 Å². The molecule has 1 saturated heterocycles. The molecule has 0 N–H and O–H groups in total. The van der Waals surface area contributed by atoms with E-state index in [1.165, 1.54) is 16.7 Å². The second-order valence-corrected chi connectivity index (χ2v) is 8.63. The molecule has 0 bridgehead atoms. The van der Waals surface area contributed by atoms with Gasteiger partial charge in [-0.25, -0.2) is 0 Å². The van der Waals surface area contributed by atoms with Crippen LogP contribution in [0.5, 0.6) is 0 Å². The molecule has 3 aromatic carbocycles. The highest BCUT2D eigenvalue weighted by Gasteiger charge is 2.20. The molecule has 3 aromatic rings. The number of aryl methyl sites for hydroxylation is 1. The average Bonchev–Trinajstić information content (AvgIpc) is 3.13. The van der Waals surface area contributed by atoms with Crippen LogP contribution in [0.2, 0.25) is 0 Å². The Morgan fingerprint density at radius 1 is 0.758 bits per heavy atom. The van der Waals surface area contributed by atoms with Crippen LogP contribution in [-0.4, -0.2) is 55.0 Å². The minimum absolute atomic E-state index is 0.0598. The SMILES string of the molecule is O=C(CCc1ccccc1)N1CCCN(CCOC(c2ccccc2)c2ccccc2)CC1. The van der Waals surface area contributed by atoms with E-state index in [0.717, 1.165) is 45.6 Å². The van der Waals surface area contributed by atoms with Crippen molar-refractivity contribution in [3.05, 3.63) is 108 Å². The minimum Gasteiger partial charge on any atom is -0.367 e. The molecule has 0 aromatic heterocycles. The van der Waals surface area contributed by atoms with Gasteiger partial charge in [0.1, 0.15) is 6.10 Å². The van der Waals surface area contributed by atoms with Crippen LogP contribution in [0.1, 0.15) is 35.6 Å². The molecule has 4 heteroatoms. The van der Waals surface area contributed by atoms with E-state index >= 15 is 0 Å². The molecular weight excluding hydrogens is 408 g/mol. The van der Waals surface area contributed by atoms with Gasteiger partial charge in [-0.15, -0.1) is 0 Å². The Bertz CT molecular complexity index is 923. The molecule has 1 fully saturated rings. The van der Waals surface area contributed by atoms with Crippen LogP contribution < -0.4 is 0 Å². The van der Waals surface area contributed by atoms with Crippen molar-refractivity contribution >= 4 is 5.91 Å². The van der Waals surface area contributed by atoms with Crippen LogP contribution in [0.25, 0.3) is 0 Å². The Hall–Kier alpha value is -2.95. The third-order valence-corrected chi connectivity index (χ3v) is 6.31. The second kappa shape index (κ2) is 12.3. The minimum atomic E-state index is -0.0598. The molecule has 0 saturated carbocycles. The molecule has 0 radical (unpaired) electrons. The topological polar surface area (TPSA) is 32.8 Å². The highest BCUT2D eigenvalue weighted by molar-refractivity contribution is 5.76. The van der Waals surface area contributed by atoms with E-state index in [1.54, 1.807) is 0 Å². The smallest absolute Gasteiger partial charge is 0.222 e. The Morgan fingerprint density at radius 2 is 1.36 bits per heavy atom. The van der Waals surface area contributed by atoms with Gasteiger partial charge in [-0.2, -0.15) is 0 Å². The van der Waals surface area contributed by atoms with Crippen molar-refractivity contribution in [2.75, 3.05) is 39.3 Å². The van der Waals surface area contributed by atoms with Gasteiger partial charge in [-0.05, 0) is 36.1 Å². The lowest BCUT2D eigenvalue weighted by molar-refractivity contribution is -0.131. The van der Waals surface area contributed by atoms with Gasteiger partial charge in [0, 0.05) is 32.6 Å². The summed E-state index contributed by atoms with van der Waals surface area (Å²) in [6.07, 6.45) is 2.35. The van der Waals surface area contributed by atoms with Gasteiger partial charge in [-0.3, -0.25) is 9.69 Å². The summed E-state index contributed by atoms with van der Waals surface area (Å²) in [5.74, 6) is 0.269. The van der Waals surface area contributed by atoms with E-state index in [-0.39, 0.29) is 12.0 Å². The monoisotopic (exact) mass is 442 g/mol. The Kier molecular flexibility index (Phi) is 8.68. The molecular formula is C29H34N2O2. The third-order valence-electron chi connectivity index (χ3n) is 6.31. The molecule has 1 aliphatic rings. The van der Waals surface area contributed by atoms with Gasteiger partial charge in [0.05, 0.1) is 6.61 Å². The van der Waals surface area contributed by atoms with E-state index < -0.39 is 0 Å². The largest absolute Gasteiger partial charge is 0.367 e. The first kappa shape index (κ1) is 23.2. The standard InChI is InChI=1S/C29H34N2O2/c32-28(18-17-25-11-4-1-5-12-25)31-20-10-19-30(21-22-31)23-24-33-29(26-13-6-2-7-14-26)27-15-8-3-9-16-27/h1-9,11-16,29H,10,17-24H2. The first-order valence-electron chi connectivity index (χ1n) is 12.0. The van der Waals surface area contributed by atoms with Crippen molar-refractivity contribution in [3.63, 3.8) is 0 Å². The molecule has 0 atom stereocenters. The van der Waals surface area contributed by atoms with Crippen molar-refractivity contribution in [1.82, 2.24) is 9.80 Å². The quantitative estimate of drug-likeness (QED) is 0.470. The summed E-state index contributed by atoms with van der Waals surface area (Å²) < 4.78 is 6.40. The number of ether oxygens (including phenoxy) is 1. The van der Waals surface area contributed by atoms with Crippen molar-refractivity contribution in [2.24, 2.45) is 0 Å². The van der Waals surface area contributed by atoms with Gasteiger partial charge in [0.25, 0.3) is 0 Å². The summed E-state index contributed by atoms with van der Waals surface area (Å²) in [6, 6.07) is 31.1. The second-order valence-electron chi connectivity index (χ2n) is 8.63. The first-order chi connectivity index (χ1) is 16.3. The van der Waals surface area contributed by atoms with Crippen LogP contribution in [0, 0.1) is 0 Å². The van der Waals surface area contributed by atoms with Gasteiger partial charge in [0.15, 0.2) is 0 Å². The summed E-state index contributed by atoms with van der Waals surface area (Å²) in [5.41, 5.74) is 3.58. The molecule has 33 heavy (non-hydrogen) atoms. The number of nitrogens with zero attached hydrogens (tertiary/aromatic N) is 2. The number of amides is 1. The summed E-state index contributed by atoms with van der Waals surface area (Å²) in [5, 5.41) is 0. The lowest BCUT2D eigenvalue weighted by Gasteiger charge is -2.24. The highest BCUT2D eigenvalue weighted by Crippen LogP contribution is 2.25. The maximum absolute atomic E-state index is 12.7. The summed E-state index contributed by atoms with van der Waals surface area (Å²) in [4.78, 5) is 17.2. The molecule has 0 aliphatic carbocycles. The fraction of sp³-hybridized carbons (Fsp3) is 0.345. The van der Waals surface area contributed by atoms with E-state index in [4.69, 9.17) is 4.74 Å². The Balaban J connectivity index is 1.25. The Labute approximate surface area is 197 Å². The van der Waals surface area contributed by atoms with E-state index in [9.17, 15) is 4.79 Å². The van der Waals surface area contributed by atoms with Crippen LogP contribution in [-0.2, 0) is 16.0 Å². The predicted octanol–water partition coefficient (Wildman–Crippen LogP) is 4.96. The maximum Gasteiger partial charge on any atom is 0.222 e. The lowest BCUT2D eigenvalue weighted by atomic mass is 10.0. The van der Waals surface area contributed by atoms with E-state index in [1.807, 2.05) is 35.2 Å². The third kappa shape index (κ3) is 7.01. The first-order valence-corrected chi connectivity index (χ1v) is 12.0. The molecule has 0 unspecified atom stereocenters. The number of carbonyl (C=O) groups excluding carboxylic acids is 1. The molecule has 4 nitrogen and oxygen atoms in total. The number of rotatable bonds is 9. The zero-order valence-electron chi connectivity index (χ0n) is 19.3. The molecule has 0 spiro atoms. The van der Waals surface area contributed by atoms with Crippen molar-refractivity contribution in [2.45, 2.75) is 25.4 Å². The van der Waals surface area contributed by atoms with Crippen molar-refractivity contribution < 1.29 is 9.53 Å². The molecule has 1 heterocycles. The van der Waals surface area contributed by atoms with Gasteiger partial charge in [0.2, 0.25) is 5.91 Å². The molecule has 172 valence electrons. The van der Waals surface area contributed by atoms with Crippen molar-refractivity contribution in [3.8, 4) is 0 Å². The fourth-order valence-electron chi connectivity index (χ4n) is 4.44.